The van der Waals surface area contributed by atoms with Crippen LogP contribution in [-0.2, 0) is 6.42 Å². The number of aryl methyl sites for hydroxylation is 3. The van der Waals surface area contributed by atoms with Gasteiger partial charge in [-0.2, -0.15) is 0 Å². The van der Waals surface area contributed by atoms with Crippen molar-refractivity contribution >= 4 is 21.6 Å². The van der Waals surface area contributed by atoms with E-state index in [1.165, 1.54) is 27.9 Å². The lowest BCUT2D eigenvalue weighted by Gasteiger charge is -2.36. The second-order valence-electron chi connectivity index (χ2n) is 7.26. The van der Waals surface area contributed by atoms with Crippen molar-refractivity contribution in [1.82, 2.24) is 4.90 Å². The van der Waals surface area contributed by atoms with Gasteiger partial charge in [-0.05, 0) is 77.5 Å². The SMILES string of the molecule is COc1cc(N2CCN(CCc3cc(C)c(C)cc3C)CC2)ccc1Br. The predicted octanol–water partition coefficient (Wildman–Crippen LogP) is 4.75. The fraction of sp³-hybridized carbons (Fsp3) is 0.455. The molecule has 4 heteroatoms. The van der Waals surface area contributed by atoms with E-state index < -0.39 is 0 Å². The topological polar surface area (TPSA) is 15.7 Å². The van der Waals surface area contributed by atoms with Gasteiger partial charge in [0.2, 0.25) is 0 Å². The Labute approximate surface area is 166 Å². The molecule has 26 heavy (non-hydrogen) atoms. The summed E-state index contributed by atoms with van der Waals surface area (Å²) < 4.78 is 6.44. The number of methoxy groups -OCH3 is 1. The van der Waals surface area contributed by atoms with Crippen molar-refractivity contribution in [3.8, 4) is 5.75 Å². The molecule has 0 spiro atoms. The van der Waals surface area contributed by atoms with Gasteiger partial charge in [0, 0.05) is 44.5 Å². The fourth-order valence-electron chi connectivity index (χ4n) is 3.64. The largest absolute Gasteiger partial charge is 0.495 e. The van der Waals surface area contributed by atoms with Crippen LogP contribution >= 0.6 is 15.9 Å². The minimum absolute atomic E-state index is 0.898. The number of anilines is 1. The highest BCUT2D eigenvalue weighted by Crippen LogP contribution is 2.30. The lowest BCUT2D eigenvalue weighted by atomic mass is 9.98. The third-order valence-corrected chi connectivity index (χ3v) is 6.18. The number of hydrogen-bond acceptors (Lipinski definition) is 3. The Kier molecular flexibility index (Phi) is 6.25. The van der Waals surface area contributed by atoms with Gasteiger partial charge in [0.1, 0.15) is 5.75 Å². The molecule has 2 aromatic carbocycles. The molecule has 1 fully saturated rings. The minimum Gasteiger partial charge on any atom is -0.495 e. The van der Waals surface area contributed by atoms with Crippen molar-refractivity contribution in [2.24, 2.45) is 0 Å². The van der Waals surface area contributed by atoms with Gasteiger partial charge < -0.3 is 9.64 Å². The highest BCUT2D eigenvalue weighted by atomic mass is 79.9. The summed E-state index contributed by atoms with van der Waals surface area (Å²) in [6, 6.07) is 11.1. The van der Waals surface area contributed by atoms with Crippen LogP contribution in [0, 0.1) is 20.8 Å². The van der Waals surface area contributed by atoms with Crippen LogP contribution in [0.3, 0.4) is 0 Å². The molecule has 1 heterocycles. The van der Waals surface area contributed by atoms with Gasteiger partial charge in [-0.1, -0.05) is 12.1 Å². The number of rotatable bonds is 5. The van der Waals surface area contributed by atoms with Crippen molar-refractivity contribution in [2.75, 3.05) is 44.7 Å². The predicted molar refractivity (Wildman–Crippen MR) is 114 cm³/mol. The summed E-state index contributed by atoms with van der Waals surface area (Å²) >= 11 is 3.53. The monoisotopic (exact) mass is 416 g/mol. The summed E-state index contributed by atoms with van der Waals surface area (Å²) in [5.41, 5.74) is 6.96. The molecule has 0 radical (unpaired) electrons. The van der Waals surface area contributed by atoms with Gasteiger partial charge in [-0.15, -0.1) is 0 Å². The van der Waals surface area contributed by atoms with Crippen LogP contribution in [0.25, 0.3) is 0 Å². The maximum atomic E-state index is 5.43. The first-order valence-electron chi connectivity index (χ1n) is 9.35. The number of nitrogens with zero attached hydrogens (tertiary/aromatic N) is 2. The molecule has 0 atom stereocenters. The zero-order chi connectivity index (χ0) is 18.7. The molecule has 3 nitrogen and oxygen atoms in total. The molecule has 1 saturated heterocycles. The van der Waals surface area contributed by atoms with Crippen LogP contribution in [0.1, 0.15) is 22.3 Å². The average molecular weight is 417 g/mol. The quantitative estimate of drug-likeness (QED) is 0.699. The summed E-state index contributed by atoms with van der Waals surface area (Å²) in [4.78, 5) is 5.04. The Morgan fingerprint density at radius 2 is 1.62 bits per heavy atom. The number of hydrogen-bond donors (Lipinski definition) is 0. The number of ether oxygens (including phenoxy) is 1. The van der Waals surface area contributed by atoms with E-state index in [-0.39, 0.29) is 0 Å². The first-order chi connectivity index (χ1) is 12.5. The third kappa shape index (κ3) is 4.41. The number of piperazine rings is 1. The molecule has 140 valence electrons. The van der Waals surface area contributed by atoms with E-state index >= 15 is 0 Å². The number of benzene rings is 2. The molecule has 1 aliphatic heterocycles. The standard InChI is InChI=1S/C22H29BrN2O/c1-16-13-18(3)19(14-17(16)2)7-8-24-9-11-25(12-10-24)20-5-6-21(23)22(15-20)26-4/h5-6,13-15H,7-12H2,1-4H3. The van der Waals surface area contributed by atoms with Crippen molar-refractivity contribution in [3.63, 3.8) is 0 Å². The second kappa shape index (κ2) is 8.45. The van der Waals surface area contributed by atoms with Crippen LogP contribution < -0.4 is 9.64 Å². The molecule has 0 aliphatic carbocycles. The van der Waals surface area contributed by atoms with E-state index in [9.17, 15) is 0 Å². The van der Waals surface area contributed by atoms with Crippen LogP contribution in [0.15, 0.2) is 34.8 Å². The van der Waals surface area contributed by atoms with Crippen molar-refractivity contribution < 1.29 is 4.74 Å². The minimum atomic E-state index is 0.898. The fourth-order valence-corrected chi connectivity index (χ4v) is 4.05. The van der Waals surface area contributed by atoms with E-state index in [0.29, 0.717) is 0 Å². The highest BCUT2D eigenvalue weighted by Gasteiger charge is 2.18. The Balaban J connectivity index is 1.55. The molecule has 0 unspecified atom stereocenters. The van der Waals surface area contributed by atoms with E-state index in [2.05, 4.69) is 76.8 Å². The normalized spacial score (nSPS) is 15.3. The van der Waals surface area contributed by atoms with Crippen LogP contribution in [0.2, 0.25) is 0 Å². The molecule has 1 aliphatic rings. The highest BCUT2D eigenvalue weighted by molar-refractivity contribution is 9.10. The van der Waals surface area contributed by atoms with E-state index in [4.69, 9.17) is 4.74 Å². The lowest BCUT2D eigenvalue weighted by molar-refractivity contribution is 0.261. The van der Waals surface area contributed by atoms with Crippen LogP contribution in [0.5, 0.6) is 5.75 Å². The molecule has 0 saturated carbocycles. The maximum absolute atomic E-state index is 5.43. The van der Waals surface area contributed by atoms with Crippen molar-refractivity contribution in [1.29, 1.82) is 0 Å². The summed E-state index contributed by atoms with van der Waals surface area (Å²) in [5, 5.41) is 0. The van der Waals surface area contributed by atoms with Crippen LogP contribution in [0.4, 0.5) is 5.69 Å². The molecule has 0 N–H and O–H groups in total. The van der Waals surface area contributed by atoms with Crippen LogP contribution in [-0.4, -0.2) is 44.7 Å². The van der Waals surface area contributed by atoms with Crippen molar-refractivity contribution in [3.05, 3.63) is 57.1 Å². The first kappa shape index (κ1) is 19.2. The average Bonchev–Trinajstić information content (AvgIpc) is 2.64. The Bertz CT molecular complexity index is 767. The summed E-state index contributed by atoms with van der Waals surface area (Å²) in [6.07, 6.45) is 1.14. The summed E-state index contributed by atoms with van der Waals surface area (Å²) in [5.74, 6) is 0.898. The molecular formula is C22H29BrN2O. The molecule has 0 bridgehead atoms. The molecule has 0 aromatic heterocycles. The van der Waals surface area contributed by atoms with Gasteiger partial charge in [-0.25, -0.2) is 0 Å². The zero-order valence-corrected chi connectivity index (χ0v) is 17.9. The van der Waals surface area contributed by atoms with Gasteiger partial charge in [-0.3, -0.25) is 4.90 Å². The van der Waals surface area contributed by atoms with Gasteiger partial charge in [0.15, 0.2) is 0 Å². The Morgan fingerprint density at radius 3 is 2.31 bits per heavy atom. The first-order valence-corrected chi connectivity index (χ1v) is 10.1. The molecule has 0 amide bonds. The zero-order valence-electron chi connectivity index (χ0n) is 16.3. The second-order valence-corrected chi connectivity index (χ2v) is 8.11. The van der Waals surface area contributed by atoms with E-state index in [0.717, 1.165) is 49.4 Å². The summed E-state index contributed by atoms with van der Waals surface area (Å²) in [7, 11) is 1.72. The van der Waals surface area contributed by atoms with E-state index in [1.807, 2.05) is 0 Å². The Hall–Kier alpha value is -1.52. The molecule has 2 aromatic rings. The van der Waals surface area contributed by atoms with Gasteiger partial charge in [0.05, 0.1) is 11.6 Å². The number of halogens is 1. The molecule has 3 rings (SSSR count). The smallest absolute Gasteiger partial charge is 0.135 e. The molecular weight excluding hydrogens is 388 g/mol. The third-order valence-electron chi connectivity index (χ3n) is 5.52. The van der Waals surface area contributed by atoms with Gasteiger partial charge in [0.25, 0.3) is 0 Å². The van der Waals surface area contributed by atoms with Crippen molar-refractivity contribution in [2.45, 2.75) is 27.2 Å². The van der Waals surface area contributed by atoms with Gasteiger partial charge >= 0.3 is 0 Å². The Morgan fingerprint density at radius 1 is 0.923 bits per heavy atom. The lowest BCUT2D eigenvalue weighted by Crippen LogP contribution is -2.47. The summed E-state index contributed by atoms with van der Waals surface area (Å²) in [6.45, 7) is 12.1. The van der Waals surface area contributed by atoms with E-state index in [1.54, 1.807) is 7.11 Å². The maximum Gasteiger partial charge on any atom is 0.135 e.